The summed E-state index contributed by atoms with van der Waals surface area (Å²) in [5, 5.41) is 3.53. The van der Waals surface area contributed by atoms with Crippen molar-refractivity contribution in [2.24, 2.45) is 0 Å². The molecule has 226 valence electrons. The summed E-state index contributed by atoms with van der Waals surface area (Å²) in [6, 6.07) is 21.9. The van der Waals surface area contributed by atoms with Crippen LogP contribution in [0.5, 0.6) is 0 Å². The number of hydrogen-bond acceptors (Lipinski definition) is 4. The monoisotopic (exact) mass is 611 g/mol. The summed E-state index contributed by atoms with van der Waals surface area (Å²) >= 11 is 6.28. The summed E-state index contributed by atoms with van der Waals surface area (Å²) in [4.78, 5) is 29.3. The number of carbonyl (C=O) groups excluding carboxylic acids is 2. The van der Waals surface area contributed by atoms with E-state index >= 15 is 0 Å². The fourth-order valence-electron chi connectivity index (χ4n) is 4.86. The van der Waals surface area contributed by atoms with Crippen LogP contribution in [-0.2, 0) is 32.6 Å². The maximum atomic E-state index is 14.0. The average molecular weight is 612 g/mol. The second-order valence-corrected chi connectivity index (χ2v) is 14.1. The molecule has 3 aromatic rings. The lowest BCUT2D eigenvalue weighted by molar-refractivity contribution is -0.142. The zero-order chi connectivity index (χ0) is 31.1. The highest BCUT2D eigenvalue weighted by atomic mass is 35.5. The number of anilines is 1. The van der Waals surface area contributed by atoms with Crippen LogP contribution in [0.3, 0.4) is 0 Å². The van der Waals surface area contributed by atoms with Crippen LogP contribution in [0.25, 0.3) is 0 Å². The molecule has 0 saturated carbocycles. The van der Waals surface area contributed by atoms with Crippen molar-refractivity contribution in [2.75, 3.05) is 17.1 Å². The van der Waals surface area contributed by atoms with Gasteiger partial charge in [0, 0.05) is 36.5 Å². The van der Waals surface area contributed by atoms with E-state index in [1.54, 1.807) is 30.0 Å². The van der Waals surface area contributed by atoms with E-state index in [1.165, 1.54) is 4.31 Å². The Hall–Kier alpha value is -3.36. The second-order valence-electron chi connectivity index (χ2n) is 11.8. The first-order valence-corrected chi connectivity index (χ1v) is 16.3. The summed E-state index contributed by atoms with van der Waals surface area (Å²) in [5.41, 5.74) is 3.55. The van der Waals surface area contributed by atoms with E-state index in [-0.39, 0.29) is 37.7 Å². The summed E-state index contributed by atoms with van der Waals surface area (Å²) in [6.07, 6.45) is 1.82. The van der Waals surface area contributed by atoms with Crippen molar-refractivity contribution in [1.82, 2.24) is 10.2 Å². The van der Waals surface area contributed by atoms with Gasteiger partial charge in [-0.25, -0.2) is 8.42 Å². The van der Waals surface area contributed by atoms with Crippen molar-refractivity contribution in [3.63, 3.8) is 0 Å². The summed E-state index contributed by atoms with van der Waals surface area (Å²) in [5.74, 6) is -0.461. The highest BCUT2D eigenvalue weighted by Crippen LogP contribution is 2.28. The van der Waals surface area contributed by atoms with Gasteiger partial charge in [-0.3, -0.25) is 13.9 Å². The third kappa shape index (κ3) is 9.60. The molecule has 1 atom stereocenters. The van der Waals surface area contributed by atoms with E-state index in [0.29, 0.717) is 22.7 Å². The molecule has 0 aliphatic rings. The quantitative estimate of drug-likeness (QED) is 0.270. The Morgan fingerprint density at radius 2 is 1.57 bits per heavy atom. The molecular weight excluding hydrogens is 570 g/mol. The second kappa shape index (κ2) is 14.2. The molecule has 0 fully saturated rings. The number of nitrogens with zero attached hydrogens (tertiary/aromatic N) is 2. The number of nitrogens with one attached hydrogen (secondary N) is 1. The Labute approximate surface area is 255 Å². The van der Waals surface area contributed by atoms with Gasteiger partial charge in [0.05, 0.1) is 11.9 Å². The highest BCUT2D eigenvalue weighted by Gasteiger charge is 2.32. The minimum atomic E-state index is -3.63. The number of hydrogen-bond donors (Lipinski definition) is 1. The van der Waals surface area contributed by atoms with Gasteiger partial charge in [0.25, 0.3) is 0 Å². The van der Waals surface area contributed by atoms with Gasteiger partial charge < -0.3 is 10.2 Å². The average Bonchev–Trinajstić information content (AvgIpc) is 2.89. The number of aryl methyl sites for hydroxylation is 1. The summed E-state index contributed by atoms with van der Waals surface area (Å²) in [6.45, 7) is 9.84. The fourth-order valence-corrected chi connectivity index (χ4v) is 6.05. The van der Waals surface area contributed by atoms with Gasteiger partial charge in [-0.1, -0.05) is 77.8 Å². The normalized spacial score (nSPS) is 12.5. The topological polar surface area (TPSA) is 86.8 Å². The lowest BCUT2D eigenvalue weighted by Gasteiger charge is -2.34. The van der Waals surface area contributed by atoms with Crippen LogP contribution in [0.4, 0.5) is 5.69 Å². The van der Waals surface area contributed by atoms with E-state index in [1.807, 2.05) is 82.3 Å². The van der Waals surface area contributed by atoms with Crippen LogP contribution in [0.2, 0.25) is 5.02 Å². The Kier molecular flexibility index (Phi) is 11.2. The fraction of sp³-hybridized carbons (Fsp3) is 0.394. The van der Waals surface area contributed by atoms with Crippen LogP contribution in [0.15, 0.2) is 72.8 Å². The maximum absolute atomic E-state index is 14.0. The van der Waals surface area contributed by atoms with Crippen LogP contribution in [0.1, 0.15) is 55.9 Å². The molecule has 3 rings (SSSR count). The number of benzene rings is 3. The molecule has 0 saturated heterocycles. The van der Waals surface area contributed by atoms with Gasteiger partial charge >= 0.3 is 0 Å². The standard InChI is InChI=1S/C33H42ClN3O4S/c1-24-13-10-16-27(21-24)23-36(30(32(39)35-33(3,4)5)22-26-14-8-7-9-15-26)31(38)19-12-20-37(42(6,40)41)29-18-11-17-28(34)25(29)2/h7-11,13-18,21,30H,12,19-20,22-23H2,1-6H3,(H,35,39). The van der Waals surface area contributed by atoms with Crippen molar-refractivity contribution in [2.45, 2.75) is 72.0 Å². The molecule has 1 N–H and O–H groups in total. The predicted octanol–water partition coefficient (Wildman–Crippen LogP) is 6.06. The molecule has 0 aliphatic carbocycles. The molecule has 0 heterocycles. The molecule has 0 spiro atoms. The smallest absolute Gasteiger partial charge is 0.243 e. The number of amides is 2. The minimum Gasteiger partial charge on any atom is -0.350 e. The van der Waals surface area contributed by atoms with E-state index in [4.69, 9.17) is 11.6 Å². The molecule has 7 nitrogen and oxygen atoms in total. The van der Waals surface area contributed by atoms with Crippen LogP contribution >= 0.6 is 11.6 Å². The first-order valence-electron chi connectivity index (χ1n) is 14.1. The molecule has 3 aromatic carbocycles. The summed E-state index contributed by atoms with van der Waals surface area (Å²) < 4.78 is 26.8. The number of carbonyl (C=O) groups is 2. The Morgan fingerprint density at radius 1 is 0.929 bits per heavy atom. The minimum absolute atomic E-state index is 0.0610. The van der Waals surface area contributed by atoms with Gasteiger partial charge in [0.1, 0.15) is 6.04 Å². The van der Waals surface area contributed by atoms with Crippen molar-refractivity contribution >= 4 is 39.1 Å². The zero-order valence-electron chi connectivity index (χ0n) is 25.4. The predicted molar refractivity (Wildman–Crippen MR) is 171 cm³/mol. The SMILES string of the molecule is Cc1cccc(CN(C(=O)CCCN(c2cccc(Cl)c2C)S(C)(=O)=O)C(Cc2ccccc2)C(=O)NC(C)(C)C)c1. The molecule has 2 amide bonds. The van der Waals surface area contributed by atoms with Crippen molar-refractivity contribution in [3.8, 4) is 0 Å². The molecule has 0 aromatic heterocycles. The van der Waals surface area contributed by atoms with Gasteiger partial charge in [-0.2, -0.15) is 0 Å². The molecule has 0 bridgehead atoms. The van der Waals surface area contributed by atoms with Crippen LogP contribution < -0.4 is 9.62 Å². The molecule has 42 heavy (non-hydrogen) atoms. The van der Waals surface area contributed by atoms with Gasteiger partial charge in [0.2, 0.25) is 21.8 Å². The van der Waals surface area contributed by atoms with Gasteiger partial charge in [-0.05, 0) is 69.9 Å². The van der Waals surface area contributed by atoms with Crippen LogP contribution in [0, 0.1) is 13.8 Å². The molecule has 0 radical (unpaired) electrons. The molecule has 0 aliphatic heterocycles. The first kappa shape index (κ1) is 33.1. The maximum Gasteiger partial charge on any atom is 0.243 e. The Morgan fingerprint density at radius 3 is 2.19 bits per heavy atom. The van der Waals surface area contributed by atoms with Gasteiger partial charge in [0.15, 0.2) is 0 Å². The number of sulfonamides is 1. The lowest BCUT2D eigenvalue weighted by atomic mass is 10.00. The van der Waals surface area contributed by atoms with E-state index in [0.717, 1.165) is 22.9 Å². The van der Waals surface area contributed by atoms with Crippen molar-refractivity contribution < 1.29 is 18.0 Å². The molecule has 9 heteroatoms. The largest absolute Gasteiger partial charge is 0.350 e. The lowest BCUT2D eigenvalue weighted by Crippen LogP contribution is -2.54. The third-order valence-electron chi connectivity index (χ3n) is 6.86. The number of rotatable bonds is 12. The van der Waals surface area contributed by atoms with E-state index in [9.17, 15) is 18.0 Å². The first-order chi connectivity index (χ1) is 19.7. The number of halogens is 1. The highest BCUT2D eigenvalue weighted by molar-refractivity contribution is 7.92. The summed E-state index contributed by atoms with van der Waals surface area (Å²) in [7, 11) is -3.63. The van der Waals surface area contributed by atoms with E-state index in [2.05, 4.69) is 5.32 Å². The van der Waals surface area contributed by atoms with E-state index < -0.39 is 21.6 Å². The van der Waals surface area contributed by atoms with Crippen LogP contribution in [-0.4, -0.2) is 49.5 Å². The third-order valence-corrected chi connectivity index (χ3v) is 8.45. The molecular formula is C33H42ClN3O4S. The Bertz CT molecular complexity index is 1490. The zero-order valence-corrected chi connectivity index (χ0v) is 26.9. The van der Waals surface area contributed by atoms with Crippen molar-refractivity contribution in [3.05, 3.63) is 100 Å². The molecule has 1 unspecified atom stereocenters. The van der Waals surface area contributed by atoms with Gasteiger partial charge in [-0.15, -0.1) is 0 Å². The Balaban J connectivity index is 1.92. The van der Waals surface area contributed by atoms with Crippen molar-refractivity contribution in [1.29, 1.82) is 0 Å².